The van der Waals surface area contributed by atoms with Gasteiger partial charge in [-0.05, 0) is 29.8 Å². The number of nitrogens with zero attached hydrogens (tertiary/aromatic N) is 3. The van der Waals surface area contributed by atoms with Crippen molar-refractivity contribution in [3.8, 4) is 5.88 Å². The lowest BCUT2D eigenvalue weighted by Gasteiger charge is -2.35. The zero-order chi connectivity index (χ0) is 18.4. The van der Waals surface area contributed by atoms with Crippen LogP contribution in [0.4, 0.5) is 0 Å². The molecule has 8 nitrogen and oxygen atoms in total. The molecule has 0 spiro atoms. The van der Waals surface area contributed by atoms with Crippen LogP contribution in [0.5, 0.6) is 5.88 Å². The predicted octanol–water partition coefficient (Wildman–Crippen LogP) is 0.216. The van der Waals surface area contributed by atoms with Gasteiger partial charge in [-0.2, -0.15) is 0 Å². The molecule has 3 rings (SSSR count). The first-order valence-electron chi connectivity index (χ1n) is 8.38. The number of carbonyl (C=O) groups excluding carboxylic acids is 2. The molecule has 0 radical (unpaired) electrons. The Bertz CT molecular complexity index is 768. The van der Waals surface area contributed by atoms with Crippen LogP contribution in [-0.2, 0) is 11.3 Å². The van der Waals surface area contributed by atoms with E-state index in [2.05, 4.69) is 20.6 Å². The first-order valence-corrected chi connectivity index (χ1v) is 8.38. The van der Waals surface area contributed by atoms with Gasteiger partial charge in [0.05, 0.1) is 7.11 Å². The molecular formula is C18H21N5O3. The third kappa shape index (κ3) is 3.97. The van der Waals surface area contributed by atoms with Crippen molar-refractivity contribution in [2.45, 2.75) is 12.6 Å². The van der Waals surface area contributed by atoms with Crippen molar-refractivity contribution in [2.75, 3.05) is 26.7 Å². The summed E-state index contributed by atoms with van der Waals surface area (Å²) >= 11 is 0. The summed E-state index contributed by atoms with van der Waals surface area (Å²) in [6.07, 6.45) is 4.91. The van der Waals surface area contributed by atoms with E-state index in [9.17, 15) is 9.59 Å². The summed E-state index contributed by atoms with van der Waals surface area (Å²) in [5.41, 5.74) is 1.30. The highest BCUT2D eigenvalue weighted by Crippen LogP contribution is 2.18. The lowest BCUT2D eigenvalue weighted by Crippen LogP contribution is -2.59. The van der Waals surface area contributed by atoms with Gasteiger partial charge in [-0.3, -0.25) is 14.6 Å². The Morgan fingerprint density at radius 3 is 2.88 bits per heavy atom. The normalized spacial score (nSPS) is 16.8. The van der Waals surface area contributed by atoms with E-state index < -0.39 is 6.04 Å². The molecule has 1 fully saturated rings. The molecule has 0 saturated carbocycles. The second-order valence-corrected chi connectivity index (χ2v) is 5.85. The third-order valence-electron chi connectivity index (χ3n) is 4.22. The molecule has 1 saturated heterocycles. The molecule has 1 aliphatic heterocycles. The summed E-state index contributed by atoms with van der Waals surface area (Å²) in [5, 5.41) is 6.05. The topological polar surface area (TPSA) is 96.5 Å². The first-order chi connectivity index (χ1) is 12.7. The molecule has 2 aromatic heterocycles. The van der Waals surface area contributed by atoms with Gasteiger partial charge in [0, 0.05) is 44.8 Å². The van der Waals surface area contributed by atoms with Gasteiger partial charge in [-0.25, -0.2) is 4.98 Å². The van der Waals surface area contributed by atoms with Crippen molar-refractivity contribution in [1.29, 1.82) is 0 Å². The van der Waals surface area contributed by atoms with Gasteiger partial charge in [0.25, 0.3) is 5.91 Å². The van der Waals surface area contributed by atoms with Crippen molar-refractivity contribution < 1.29 is 14.3 Å². The van der Waals surface area contributed by atoms with E-state index in [4.69, 9.17) is 4.74 Å². The highest BCUT2D eigenvalue weighted by molar-refractivity contribution is 5.99. The van der Waals surface area contributed by atoms with Crippen LogP contribution in [0.15, 0.2) is 42.9 Å². The Morgan fingerprint density at radius 1 is 1.31 bits per heavy atom. The quantitative estimate of drug-likeness (QED) is 0.796. The zero-order valence-corrected chi connectivity index (χ0v) is 14.5. The molecule has 8 heteroatoms. The van der Waals surface area contributed by atoms with Gasteiger partial charge in [0.15, 0.2) is 0 Å². The second-order valence-electron chi connectivity index (χ2n) is 5.85. The van der Waals surface area contributed by atoms with E-state index in [1.54, 1.807) is 35.6 Å². The number of hydrogen-bond donors (Lipinski definition) is 2. The van der Waals surface area contributed by atoms with Crippen LogP contribution in [0.25, 0.3) is 0 Å². The number of amides is 2. The zero-order valence-electron chi connectivity index (χ0n) is 14.5. The number of methoxy groups -OCH3 is 1. The standard InChI is InChI=1S/C18H21N5O3/c1-26-17-14(3-2-6-21-17)18(25)23-10-9-20-12-15(23)16(24)22-11-13-4-7-19-8-5-13/h2-8,15,20H,9-12H2,1H3,(H,22,24)/t15-/m1/s1. The van der Waals surface area contributed by atoms with Gasteiger partial charge >= 0.3 is 0 Å². The van der Waals surface area contributed by atoms with Crippen molar-refractivity contribution in [1.82, 2.24) is 25.5 Å². The third-order valence-corrected chi connectivity index (χ3v) is 4.22. The Kier molecular flexibility index (Phi) is 5.75. The van der Waals surface area contributed by atoms with Crippen molar-refractivity contribution in [2.24, 2.45) is 0 Å². The number of ether oxygens (including phenoxy) is 1. The maximum Gasteiger partial charge on any atom is 0.260 e. The van der Waals surface area contributed by atoms with Crippen molar-refractivity contribution >= 4 is 11.8 Å². The number of aromatic nitrogens is 2. The van der Waals surface area contributed by atoms with Crippen LogP contribution in [0.3, 0.4) is 0 Å². The van der Waals surface area contributed by atoms with E-state index in [-0.39, 0.29) is 17.7 Å². The molecule has 136 valence electrons. The Balaban J connectivity index is 1.72. The summed E-state index contributed by atoms with van der Waals surface area (Å²) < 4.78 is 5.18. The molecule has 1 atom stereocenters. The monoisotopic (exact) mass is 355 g/mol. The summed E-state index contributed by atoms with van der Waals surface area (Å²) in [4.78, 5) is 35.2. The molecule has 2 amide bonds. The molecule has 2 aromatic rings. The fourth-order valence-corrected chi connectivity index (χ4v) is 2.86. The average molecular weight is 355 g/mol. The fourth-order valence-electron chi connectivity index (χ4n) is 2.86. The molecule has 0 aliphatic carbocycles. The van der Waals surface area contributed by atoms with E-state index in [1.807, 2.05) is 12.1 Å². The van der Waals surface area contributed by atoms with Crippen LogP contribution in [0.2, 0.25) is 0 Å². The van der Waals surface area contributed by atoms with Crippen molar-refractivity contribution in [3.63, 3.8) is 0 Å². The van der Waals surface area contributed by atoms with Gasteiger partial charge < -0.3 is 20.3 Å². The first kappa shape index (κ1) is 17.8. The minimum absolute atomic E-state index is 0.204. The van der Waals surface area contributed by atoms with Gasteiger partial charge in [0.2, 0.25) is 11.8 Å². The Hall–Kier alpha value is -3.00. The van der Waals surface area contributed by atoms with Gasteiger partial charge in [0.1, 0.15) is 11.6 Å². The highest BCUT2D eigenvalue weighted by Gasteiger charge is 2.33. The predicted molar refractivity (Wildman–Crippen MR) is 94.6 cm³/mol. The molecule has 0 unspecified atom stereocenters. The summed E-state index contributed by atoms with van der Waals surface area (Å²) in [7, 11) is 1.47. The van der Waals surface area contributed by atoms with Gasteiger partial charge in [-0.15, -0.1) is 0 Å². The van der Waals surface area contributed by atoms with Crippen LogP contribution in [0, 0.1) is 0 Å². The SMILES string of the molecule is COc1ncccc1C(=O)N1CCNC[C@@H]1C(=O)NCc1ccncc1. The Morgan fingerprint density at radius 2 is 2.12 bits per heavy atom. The maximum atomic E-state index is 13.0. The molecule has 26 heavy (non-hydrogen) atoms. The second kappa shape index (κ2) is 8.39. The average Bonchev–Trinajstić information content (AvgIpc) is 2.72. The largest absolute Gasteiger partial charge is 0.480 e. The summed E-state index contributed by atoms with van der Waals surface area (Å²) in [6.45, 7) is 1.85. The lowest BCUT2D eigenvalue weighted by molar-refractivity contribution is -0.126. The maximum absolute atomic E-state index is 13.0. The fraction of sp³-hybridized carbons (Fsp3) is 0.333. The smallest absolute Gasteiger partial charge is 0.260 e. The highest BCUT2D eigenvalue weighted by atomic mass is 16.5. The van der Waals surface area contributed by atoms with Gasteiger partial charge in [-0.1, -0.05) is 0 Å². The van der Waals surface area contributed by atoms with E-state index in [1.165, 1.54) is 7.11 Å². The number of nitrogens with one attached hydrogen (secondary N) is 2. The van der Waals surface area contributed by atoms with E-state index in [0.717, 1.165) is 5.56 Å². The molecule has 1 aliphatic rings. The molecule has 3 heterocycles. The van der Waals surface area contributed by atoms with Crippen LogP contribution in [0.1, 0.15) is 15.9 Å². The number of pyridine rings is 2. The van der Waals surface area contributed by atoms with E-state index >= 15 is 0 Å². The lowest BCUT2D eigenvalue weighted by atomic mass is 10.1. The number of carbonyl (C=O) groups is 2. The summed E-state index contributed by atoms with van der Waals surface area (Å²) in [6, 6.07) is 6.41. The number of rotatable bonds is 5. The summed E-state index contributed by atoms with van der Waals surface area (Å²) in [5.74, 6) is -0.210. The van der Waals surface area contributed by atoms with Crippen LogP contribution in [-0.4, -0.2) is 59.5 Å². The number of hydrogen-bond acceptors (Lipinski definition) is 6. The molecule has 0 aromatic carbocycles. The minimum atomic E-state index is -0.594. The molecule has 2 N–H and O–H groups in total. The minimum Gasteiger partial charge on any atom is -0.480 e. The van der Waals surface area contributed by atoms with Crippen LogP contribution >= 0.6 is 0 Å². The van der Waals surface area contributed by atoms with Crippen LogP contribution < -0.4 is 15.4 Å². The Labute approximate surface area is 151 Å². The molecular weight excluding hydrogens is 334 g/mol. The van der Waals surface area contributed by atoms with E-state index in [0.29, 0.717) is 31.7 Å². The van der Waals surface area contributed by atoms with Crippen molar-refractivity contribution in [3.05, 3.63) is 54.0 Å². The number of piperazine rings is 1. The molecule has 0 bridgehead atoms.